The van der Waals surface area contributed by atoms with Crippen LogP contribution in [-0.4, -0.2) is 36.2 Å². The third-order valence-electron chi connectivity index (χ3n) is 4.03. The summed E-state index contributed by atoms with van der Waals surface area (Å²) in [4.78, 5) is 12.3. The molecule has 4 heteroatoms. The van der Waals surface area contributed by atoms with Crippen molar-refractivity contribution in [2.45, 2.75) is 57.5 Å². The third kappa shape index (κ3) is 4.12. The molecule has 1 N–H and O–H groups in total. The summed E-state index contributed by atoms with van der Waals surface area (Å²) in [5, 5.41) is 3.61. The predicted octanol–water partition coefficient (Wildman–Crippen LogP) is 2.84. The maximum absolute atomic E-state index is 12.3. The molecule has 2 aliphatic rings. The second-order valence-corrected chi connectivity index (χ2v) is 7.50. The molecular weight excluding hydrogens is 258 g/mol. The normalized spacial score (nSPS) is 22.3. The first-order valence-electron chi connectivity index (χ1n) is 7.52. The molecule has 110 valence electrons. The summed E-state index contributed by atoms with van der Waals surface area (Å²) in [7, 11) is 1.52. The molecule has 0 spiro atoms. The summed E-state index contributed by atoms with van der Waals surface area (Å²) >= 11 is 1.91. The van der Waals surface area contributed by atoms with Gasteiger partial charge in [-0.1, -0.05) is 13.8 Å². The number of ether oxygens (including phenoxy) is 1. The molecule has 1 unspecified atom stereocenters. The average Bonchev–Trinajstić information content (AvgIpc) is 3.24. The van der Waals surface area contributed by atoms with E-state index >= 15 is 0 Å². The highest BCUT2D eigenvalue weighted by molar-refractivity contribution is 7.99. The Bertz CT molecular complexity index is 313. The van der Waals surface area contributed by atoms with Gasteiger partial charge in [-0.15, -0.1) is 0 Å². The van der Waals surface area contributed by atoms with E-state index in [0.29, 0.717) is 12.0 Å². The van der Waals surface area contributed by atoms with Crippen LogP contribution in [0.25, 0.3) is 0 Å². The van der Waals surface area contributed by atoms with Gasteiger partial charge in [-0.2, -0.15) is 11.8 Å². The molecular formula is C15H27NO2S. The van der Waals surface area contributed by atoms with Crippen LogP contribution >= 0.6 is 11.8 Å². The minimum absolute atomic E-state index is 0.0426. The SMILES string of the molecule is COC(=O)C(CSCCC(C)C)(NC1CC1)C1CC1. The Labute approximate surface area is 121 Å². The average molecular weight is 285 g/mol. The molecule has 0 amide bonds. The first-order valence-corrected chi connectivity index (χ1v) is 8.68. The summed E-state index contributed by atoms with van der Waals surface area (Å²) in [6.07, 6.45) is 5.97. The van der Waals surface area contributed by atoms with Gasteiger partial charge in [-0.3, -0.25) is 10.1 Å². The molecule has 2 fully saturated rings. The summed E-state index contributed by atoms with van der Waals surface area (Å²) in [6, 6.07) is 0.547. The number of methoxy groups -OCH3 is 1. The number of rotatable bonds is 9. The summed E-state index contributed by atoms with van der Waals surface area (Å²) in [5.74, 6) is 3.19. The summed E-state index contributed by atoms with van der Waals surface area (Å²) in [5.41, 5.74) is -0.405. The number of hydrogen-bond acceptors (Lipinski definition) is 4. The van der Waals surface area contributed by atoms with Gasteiger partial charge in [0.25, 0.3) is 0 Å². The summed E-state index contributed by atoms with van der Waals surface area (Å²) < 4.78 is 5.11. The van der Waals surface area contributed by atoms with Gasteiger partial charge in [0.1, 0.15) is 5.54 Å². The van der Waals surface area contributed by atoms with E-state index in [1.807, 2.05) is 11.8 Å². The quantitative estimate of drug-likeness (QED) is 0.522. The number of carbonyl (C=O) groups is 1. The van der Waals surface area contributed by atoms with Crippen LogP contribution in [0.15, 0.2) is 0 Å². The highest BCUT2D eigenvalue weighted by Crippen LogP contribution is 2.44. The largest absolute Gasteiger partial charge is 0.468 e. The predicted molar refractivity (Wildman–Crippen MR) is 80.4 cm³/mol. The van der Waals surface area contributed by atoms with E-state index in [2.05, 4.69) is 19.2 Å². The van der Waals surface area contributed by atoms with Gasteiger partial charge in [0.2, 0.25) is 0 Å². The Balaban J connectivity index is 1.93. The Morgan fingerprint density at radius 3 is 2.53 bits per heavy atom. The van der Waals surface area contributed by atoms with Crippen LogP contribution in [-0.2, 0) is 9.53 Å². The molecule has 3 nitrogen and oxygen atoms in total. The van der Waals surface area contributed by atoms with E-state index in [4.69, 9.17) is 4.74 Å². The van der Waals surface area contributed by atoms with Crippen LogP contribution in [0, 0.1) is 11.8 Å². The van der Waals surface area contributed by atoms with Crippen LogP contribution in [0.1, 0.15) is 46.0 Å². The molecule has 0 heterocycles. The standard InChI is InChI=1S/C15H27NO2S/c1-11(2)8-9-19-10-15(12-4-5-12,14(17)18-3)16-13-6-7-13/h11-13,16H,4-10H2,1-3H3. The maximum atomic E-state index is 12.3. The smallest absolute Gasteiger partial charge is 0.327 e. The molecule has 0 radical (unpaired) electrons. The van der Waals surface area contributed by atoms with Crippen LogP contribution in [0.2, 0.25) is 0 Å². The second-order valence-electron chi connectivity index (χ2n) is 6.39. The molecule has 2 rings (SSSR count). The van der Waals surface area contributed by atoms with Gasteiger partial charge in [-0.05, 0) is 49.7 Å². The van der Waals surface area contributed by atoms with Crippen LogP contribution in [0.4, 0.5) is 0 Å². The van der Waals surface area contributed by atoms with E-state index in [1.54, 1.807) is 0 Å². The second kappa shape index (κ2) is 6.49. The van der Waals surface area contributed by atoms with Crippen molar-refractivity contribution in [2.75, 3.05) is 18.6 Å². The van der Waals surface area contributed by atoms with Crippen molar-refractivity contribution in [3.8, 4) is 0 Å². The Hall–Kier alpha value is -0.220. The topological polar surface area (TPSA) is 38.3 Å². The molecule has 0 aromatic heterocycles. The zero-order valence-electron chi connectivity index (χ0n) is 12.4. The molecule has 0 aromatic carbocycles. The molecule has 0 aromatic rings. The van der Waals surface area contributed by atoms with Gasteiger partial charge in [0, 0.05) is 11.8 Å². The number of nitrogens with one attached hydrogen (secondary N) is 1. The third-order valence-corrected chi connectivity index (χ3v) is 5.22. The highest BCUT2D eigenvalue weighted by Gasteiger charge is 2.53. The van der Waals surface area contributed by atoms with Crippen molar-refractivity contribution >= 4 is 17.7 Å². The minimum atomic E-state index is -0.405. The lowest BCUT2D eigenvalue weighted by atomic mass is 9.95. The number of hydrogen-bond donors (Lipinski definition) is 1. The zero-order chi connectivity index (χ0) is 13.9. The molecule has 19 heavy (non-hydrogen) atoms. The van der Waals surface area contributed by atoms with Crippen LogP contribution in [0.3, 0.4) is 0 Å². The van der Waals surface area contributed by atoms with E-state index in [0.717, 1.165) is 17.4 Å². The number of carbonyl (C=O) groups excluding carboxylic acids is 1. The molecule has 1 atom stereocenters. The lowest BCUT2D eigenvalue weighted by Gasteiger charge is -2.32. The van der Waals surface area contributed by atoms with Gasteiger partial charge < -0.3 is 4.74 Å². The Morgan fingerprint density at radius 2 is 2.05 bits per heavy atom. The minimum Gasteiger partial charge on any atom is -0.468 e. The number of thioether (sulfide) groups is 1. The molecule has 2 aliphatic carbocycles. The van der Waals surface area contributed by atoms with Gasteiger partial charge in [-0.25, -0.2) is 0 Å². The molecule has 2 saturated carbocycles. The fraction of sp³-hybridized carbons (Fsp3) is 0.933. The monoisotopic (exact) mass is 285 g/mol. The van der Waals surface area contributed by atoms with Crippen molar-refractivity contribution in [3.63, 3.8) is 0 Å². The Morgan fingerprint density at radius 1 is 1.37 bits per heavy atom. The molecule has 0 bridgehead atoms. The van der Waals surface area contributed by atoms with Gasteiger partial charge in [0.15, 0.2) is 0 Å². The first kappa shape index (κ1) is 15.2. The van der Waals surface area contributed by atoms with E-state index in [1.165, 1.54) is 39.2 Å². The van der Waals surface area contributed by atoms with E-state index in [-0.39, 0.29) is 5.97 Å². The molecule has 0 saturated heterocycles. The first-order chi connectivity index (χ1) is 9.08. The number of esters is 1. The van der Waals surface area contributed by atoms with E-state index in [9.17, 15) is 4.79 Å². The Kier molecular flexibility index (Phi) is 5.18. The fourth-order valence-corrected chi connectivity index (χ4v) is 4.01. The lowest BCUT2D eigenvalue weighted by Crippen LogP contribution is -2.57. The van der Waals surface area contributed by atoms with E-state index < -0.39 is 5.54 Å². The maximum Gasteiger partial charge on any atom is 0.327 e. The van der Waals surface area contributed by atoms with Crippen molar-refractivity contribution in [3.05, 3.63) is 0 Å². The summed E-state index contributed by atoms with van der Waals surface area (Å²) in [6.45, 7) is 4.49. The zero-order valence-corrected chi connectivity index (χ0v) is 13.2. The van der Waals surface area contributed by atoms with Crippen molar-refractivity contribution in [1.82, 2.24) is 5.32 Å². The van der Waals surface area contributed by atoms with Crippen LogP contribution in [0.5, 0.6) is 0 Å². The lowest BCUT2D eigenvalue weighted by molar-refractivity contribution is -0.148. The van der Waals surface area contributed by atoms with Gasteiger partial charge in [0.05, 0.1) is 7.11 Å². The van der Waals surface area contributed by atoms with Gasteiger partial charge >= 0.3 is 5.97 Å². The van der Waals surface area contributed by atoms with Crippen LogP contribution < -0.4 is 5.32 Å². The molecule has 0 aliphatic heterocycles. The van der Waals surface area contributed by atoms with Crippen molar-refractivity contribution in [2.24, 2.45) is 11.8 Å². The fourth-order valence-electron chi connectivity index (χ4n) is 2.46. The van der Waals surface area contributed by atoms with Crippen molar-refractivity contribution < 1.29 is 9.53 Å². The van der Waals surface area contributed by atoms with Crippen molar-refractivity contribution in [1.29, 1.82) is 0 Å². The highest BCUT2D eigenvalue weighted by atomic mass is 32.2.